The SMILES string of the molecule is CCOC(=O)C1(NCCN=[N+]=[N-])CCOC(C)C1. The molecule has 0 aromatic carbocycles. The molecule has 0 radical (unpaired) electrons. The molecule has 1 heterocycles. The number of rotatable bonds is 6. The molecule has 0 spiro atoms. The van der Waals surface area contributed by atoms with E-state index in [0.29, 0.717) is 39.1 Å². The van der Waals surface area contributed by atoms with E-state index < -0.39 is 5.54 Å². The van der Waals surface area contributed by atoms with Gasteiger partial charge in [0.25, 0.3) is 0 Å². The number of esters is 1. The van der Waals surface area contributed by atoms with Crippen molar-refractivity contribution >= 4 is 5.97 Å². The molecule has 0 aromatic rings. The molecular weight excluding hydrogens is 236 g/mol. The van der Waals surface area contributed by atoms with Gasteiger partial charge in [-0.25, -0.2) is 0 Å². The van der Waals surface area contributed by atoms with Crippen LogP contribution in [0.25, 0.3) is 10.4 Å². The zero-order valence-electron chi connectivity index (χ0n) is 10.9. The van der Waals surface area contributed by atoms with Gasteiger partial charge < -0.3 is 14.8 Å². The van der Waals surface area contributed by atoms with E-state index in [2.05, 4.69) is 15.3 Å². The number of nitrogens with one attached hydrogen (secondary N) is 1. The molecule has 1 aliphatic heterocycles. The normalized spacial score (nSPS) is 27.3. The Labute approximate surface area is 106 Å². The molecule has 1 saturated heterocycles. The van der Waals surface area contributed by atoms with Crippen LogP contribution in [0.5, 0.6) is 0 Å². The van der Waals surface area contributed by atoms with Gasteiger partial charge in [-0.05, 0) is 25.8 Å². The molecule has 1 fully saturated rings. The van der Waals surface area contributed by atoms with Gasteiger partial charge in [0.2, 0.25) is 0 Å². The lowest BCUT2D eigenvalue weighted by atomic mass is 9.87. The fourth-order valence-electron chi connectivity index (χ4n) is 2.16. The third-order valence-corrected chi connectivity index (χ3v) is 2.97. The largest absolute Gasteiger partial charge is 0.465 e. The third-order valence-electron chi connectivity index (χ3n) is 2.97. The highest BCUT2D eigenvalue weighted by Gasteiger charge is 2.43. The molecular formula is C11H20N4O3. The minimum absolute atomic E-state index is 0.00937. The van der Waals surface area contributed by atoms with Crippen LogP contribution in [0.4, 0.5) is 0 Å². The average Bonchev–Trinajstić information content (AvgIpc) is 2.35. The van der Waals surface area contributed by atoms with Crippen molar-refractivity contribution in [3.63, 3.8) is 0 Å². The molecule has 1 aliphatic rings. The minimum Gasteiger partial charge on any atom is -0.465 e. The number of hydrogen-bond acceptors (Lipinski definition) is 5. The minimum atomic E-state index is -0.710. The van der Waals surface area contributed by atoms with Crippen LogP contribution in [0.2, 0.25) is 0 Å². The van der Waals surface area contributed by atoms with Crippen molar-refractivity contribution < 1.29 is 14.3 Å². The standard InChI is InChI=1S/C11H20N4O3/c1-3-17-10(16)11(13-5-6-14-15-12)4-7-18-9(2)8-11/h9,13H,3-8H2,1-2H3. The van der Waals surface area contributed by atoms with Crippen LogP contribution in [0.15, 0.2) is 5.11 Å². The van der Waals surface area contributed by atoms with Crippen LogP contribution in [-0.2, 0) is 14.3 Å². The number of carbonyl (C=O) groups excluding carboxylic acids is 1. The summed E-state index contributed by atoms with van der Waals surface area (Å²) in [6, 6.07) is 0. The highest BCUT2D eigenvalue weighted by atomic mass is 16.5. The summed E-state index contributed by atoms with van der Waals surface area (Å²) in [6.07, 6.45) is 1.16. The van der Waals surface area contributed by atoms with Crippen LogP contribution in [0.3, 0.4) is 0 Å². The monoisotopic (exact) mass is 256 g/mol. The fourth-order valence-corrected chi connectivity index (χ4v) is 2.16. The van der Waals surface area contributed by atoms with Crippen LogP contribution < -0.4 is 5.32 Å². The van der Waals surface area contributed by atoms with Crippen LogP contribution in [-0.4, -0.2) is 43.9 Å². The number of nitrogens with zero attached hydrogens (tertiary/aromatic N) is 3. The van der Waals surface area contributed by atoms with Crippen molar-refractivity contribution in [1.82, 2.24) is 5.32 Å². The zero-order chi connectivity index (χ0) is 13.4. The first-order valence-electron chi connectivity index (χ1n) is 6.19. The van der Waals surface area contributed by atoms with Gasteiger partial charge in [0, 0.05) is 31.0 Å². The van der Waals surface area contributed by atoms with Crippen molar-refractivity contribution in [3.8, 4) is 0 Å². The smallest absolute Gasteiger partial charge is 0.326 e. The van der Waals surface area contributed by atoms with E-state index in [1.54, 1.807) is 6.92 Å². The second-order valence-corrected chi connectivity index (χ2v) is 4.32. The molecule has 0 aromatic heterocycles. The molecule has 0 bridgehead atoms. The summed E-state index contributed by atoms with van der Waals surface area (Å²) in [4.78, 5) is 14.8. The first-order chi connectivity index (χ1) is 8.64. The summed E-state index contributed by atoms with van der Waals surface area (Å²) in [7, 11) is 0. The molecule has 0 saturated carbocycles. The van der Waals surface area contributed by atoms with Crippen LogP contribution >= 0.6 is 0 Å². The van der Waals surface area contributed by atoms with E-state index in [1.165, 1.54) is 0 Å². The Morgan fingerprint density at radius 2 is 2.50 bits per heavy atom. The number of azide groups is 1. The van der Waals surface area contributed by atoms with E-state index in [4.69, 9.17) is 15.0 Å². The van der Waals surface area contributed by atoms with Gasteiger partial charge >= 0.3 is 5.97 Å². The maximum absolute atomic E-state index is 12.1. The van der Waals surface area contributed by atoms with E-state index in [-0.39, 0.29) is 12.1 Å². The quantitative estimate of drug-likeness (QED) is 0.255. The van der Waals surface area contributed by atoms with Crippen molar-refractivity contribution in [3.05, 3.63) is 10.4 Å². The topological polar surface area (TPSA) is 96.3 Å². The van der Waals surface area contributed by atoms with Gasteiger partial charge in [0.05, 0.1) is 12.7 Å². The summed E-state index contributed by atoms with van der Waals surface area (Å²) in [5.74, 6) is -0.249. The highest BCUT2D eigenvalue weighted by Crippen LogP contribution is 2.26. The van der Waals surface area contributed by atoms with Gasteiger partial charge in [-0.3, -0.25) is 4.79 Å². The molecule has 1 N–H and O–H groups in total. The predicted molar refractivity (Wildman–Crippen MR) is 66.0 cm³/mol. The summed E-state index contributed by atoms with van der Waals surface area (Å²) in [5, 5.41) is 6.61. The van der Waals surface area contributed by atoms with Gasteiger partial charge in [0.1, 0.15) is 5.54 Å². The summed E-state index contributed by atoms with van der Waals surface area (Å²) >= 11 is 0. The second kappa shape index (κ2) is 7.20. The Balaban J connectivity index is 2.66. The Bertz CT molecular complexity index is 330. The van der Waals surface area contributed by atoms with Crippen LogP contribution in [0.1, 0.15) is 26.7 Å². The highest BCUT2D eigenvalue weighted by molar-refractivity contribution is 5.81. The lowest BCUT2D eigenvalue weighted by Crippen LogP contribution is -2.58. The van der Waals surface area contributed by atoms with E-state index in [0.717, 1.165) is 0 Å². The van der Waals surface area contributed by atoms with Crippen molar-refractivity contribution in [2.45, 2.75) is 38.3 Å². The predicted octanol–water partition coefficient (Wildman–Crippen LogP) is 1.39. The number of hydrogen-bond donors (Lipinski definition) is 1. The Kier molecular flexibility index (Phi) is 5.91. The molecule has 0 aliphatic carbocycles. The Hall–Kier alpha value is -1.30. The molecule has 1 rings (SSSR count). The van der Waals surface area contributed by atoms with Crippen LogP contribution in [0, 0.1) is 0 Å². The number of ether oxygens (including phenoxy) is 2. The summed E-state index contributed by atoms with van der Waals surface area (Å²) < 4.78 is 10.6. The van der Waals surface area contributed by atoms with E-state index in [1.807, 2.05) is 6.92 Å². The van der Waals surface area contributed by atoms with Crippen molar-refractivity contribution in [1.29, 1.82) is 0 Å². The van der Waals surface area contributed by atoms with Crippen molar-refractivity contribution in [2.75, 3.05) is 26.3 Å². The lowest BCUT2D eigenvalue weighted by molar-refractivity contribution is -0.157. The molecule has 7 heteroatoms. The fraction of sp³-hybridized carbons (Fsp3) is 0.909. The zero-order valence-corrected chi connectivity index (χ0v) is 10.9. The van der Waals surface area contributed by atoms with Crippen molar-refractivity contribution in [2.24, 2.45) is 5.11 Å². The maximum Gasteiger partial charge on any atom is 0.326 e. The maximum atomic E-state index is 12.1. The second-order valence-electron chi connectivity index (χ2n) is 4.32. The van der Waals surface area contributed by atoms with E-state index in [9.17, 15) is 4.79 Å². The molecule has 102 valence electrons. The van der Waals surface area contributed by atoms with E-state index >= 15 is 0 Å². The third kappa shape index (κ3) is 3.87. The Morgan fingerprint density at radius 3 is 3.11 bits per heavy atom. The first kappa shape index (κ1) is 14.8. The first-order valence-corrected chi connectivity index (χ1v) is 6.19. The summed E-state index contributed by atoms with van der Waals surface area (Å²) in [5.41, 5.74) is 7.51. The summed E-state index contributed by atoms with van der Waals surface area (Å²) in [6.45, 7) is 5.36. The lowest BCUT2D eigenvalue weighted by Gasteiger charge is -2.38. The molecule has 7 nitrogen and oxygen atoms in total. The van der Waals surface area contributed by atoms with Gasteiger partial charge in [-0.2, -0.15) is 0 Å². The molecule has 0 amide bonds. The number of carbonyl (C=O) groups is 1. The van der Waals surface area contributed by atoms with Gasteiger partial charge in [-0.1, -0.05) is 5.11 Å². The molecule has 18 heavy (non-hydrogen) atoms. The van der Waals surface area contributed by atoms with Gasteiger partial charge in [-0.15, -0.1) is 0 Å². The molecule has 2 atom stereocenters. The molecule has 2 unspecified atom stereocenters. The Morgan fingerprint density at radius 1 is 1.72 bits per heavy atom. The average molecular weight is 256 g/mol. The van der Waals surface area contributed by atoms with Gasteiger partial charge in [0.15, 0.2) is 0 Å².